The Bertz CT molecular complexity index is 275. The van der Waals surface area contributed by atoms with Crippen molar-refractivity contribution in [2.24, 2.45) is 0 Å². The largest absolute Gasteiger partial charge is 0.463 e. The first kappa shape index (κ1) is 22.5. The molecule has 0 saturated heterocycles. The molecule has 0 N–H and O–H groups in total. The van der Waals surface area contributed by atoms with E-state index in [-0.39, 0.29) is 25.2 Å². The second kappa shape index (κ2) is 17.9. The molecule has 23 heavy (non-hydrogen) atoms. The van der Waals surface area contributed by atoms with Gasteiger partial charge in [0, 0.05) is 25.7 Å². The lowest BCUT2D eigenvalue weighted by Crippen LogP contribution is -2.13. The highest BCUT2D eigenvalue weighted by Gasteiger charge is 2.03. The molecule has 0 saturated carbocycles. The first-order valence-corrected chi connectivity index (χ1v) is 9.54. The summed E-state index contributed by atoms with van der Waals surface area (Å²) >= 11 is 2.93. The van der Waals surface area contributed by atoms with Gasteiger partial charge in [-0.05, 0) is 0 Å². The molecule has 0 aromatic rings. The highest BCUT2D eigenvalue weighted by atomic mass is 32.2. The predicted molar refractivity (Wildman–Crippen MR) is 91.1 cm³/mol. The maximum atomic E-state index is 11.3. The maximum absolute atomic E-state index is 11.3. The van der Waals surface area contributed by atoms with E-state index < -0.39 is 0 Å². The van der Waals surface area contributed by atoms with Gasteiger partial charge in [-0.15, -0.1) is 23.5 Å². The summed E-state index contributed by atoms with van der Waals surface area (Å²) in [6.45, 7) is 2.53. The van der Waals surface area contributed by atoms with Gasteiger partial charge in [0.25, 0.3) is 0 Å². The number of carbonyl (C=O) groups excluding carboxylic acids is 2. The number of esters is 2. The van der Waals surface area contributed by atoms with E-state index in [2.05, 4.69) is 0 Å². The summed E-state index contributed by atoms with van der Waals surface area (Å²) in [7, 11) is 3.12. The molecule has 0 fully saturated rings. The molecule has 0 aromatic carbocycles. The zero-order valence-electron chi connectivity index (χ0n) is 13.7. The van der Waals surface area contributed by atoms with E-state index in [0.717, 1.165) is 11.5 Å². The third kappa shape index (κ3) is 17.7. The first-order valence-electron chi connectivity index (χ1n) is 7.23. The molecule has 136 valence electrons. The Labute approximate surface area is 146 Å². The third-order valence-corrected chi connectivity index (χ3v) is 4.08. The SMILES string of the molecule is COCCOC(=O)CSCCOCCSCC(=O)OCCOC. The van der Waals surface area contributed by atoms with Crippen molar-refractivity contribution in [2.45, 2.75) is 0 Å². The van der Waals surface area contributed by atoms with Gasteiger partial charge < -0.3 is 23.7 Å². The summed E-state index contributed by atoms with van der Waals surface area (Å²) in [5.41, 5.74) is 0. The van der Waals surface area contributed by atoms with Crippen molar-refractivity contribution in [2.75, 3.05) is 76.9 Å². The molecule has 0 rings (SSSR count). The highest BCUT2D eigenvalue weighted by Crippen LogP contribution is 2.03. The van der Waals surface area contributed by atoms with Crippen molar-refractivity contribution >= 4 is 35.5 Å². The molecule has 0 aliphatic rings. The topological polar surface area (TPSA) is 80.3 Å². The van der Waals surface area contributed by atoms with Crippen LogP contribution in [-0.4, -0.2) is 88.8 Å². The molecule has 0 aromatic heterocycles. The van der Waals surface area contributed by atoms with Crippen LogP contribution in [0.1, 0.15) is 0 Å². The van der Waals surface area contributed by atoms with Crippen molar-refractivity contribution in [1.29, 1.82) is 0 Å². The number of methoxy groups -OCH3 is 2. The smallest absolute Gasteiger partial charge is 0.315 e. The van der Waals surface area contributed by atoms with Crippen LogP contribution in [0.25, 0.3) is 0 Å². The summed E-state index contributed by atoms with van der Waals surface area (Å²) in [5, 5.41) is 0. The van der Waals surface area contributed by atoms with Crippen molar-refractivity contribution in [3.8, 4) is 0 Å². The van der Waals surface area contributed by atoms with Gasteiger partial charge in [-0.25, -0.2) is 0 Å². The van der Waals surface area contributed by atoms with Crippen molar-refractivity contribution in [3.63, 3.8) is 0 Å². The second-order valence-corrected chi connectivity index (χ2v) is 6.35. The summed E-state index contributed by atoms with van der Waals surface area (Å²) in [4.78, 5) is 22.5. The van der Waals surface area contributed by atoms with Gasteiger partial charge in [-0.1, -0.05) is 0 Å². The molecule has 0 unspecified atom stereocenters. The van der Waals surface area contributed by atoms with Gasteiger partial charge in [0.1, 0.15) is 13.2 Å². The van der Waals surface area contributed by atoms with Crippen LogP contribution in [0.4, 0.5) is 0 Å². The minimum absolute atomic E-state index is 0.241. The fraction of sp³-hybridized carbons (Fsp3) is 0.857. The second-order valence-electron chi connectivity index (χ2n) is 4.14. The molecule has 0 aliphatic carbocycles. The van der Waals surface area contributed by atoms with Gasteiger partial charge in [0.15, 0.2) is 0 Å². The minimum atomic E-state index is -0.241. The van der Waals surface area contributed by atoms with Gasteiger partial charge >= 0.3 is 11.9 Å². The summed E-state index contributed by atoms with van der Waals surface area (Å²) in [6, 6.07) is 0. The summed E-state index contributed by atoms with van der Waals surface area (Å²) in [6.07, 6.45) is 0. The van der Waals surface area contributed by atoms with E-state index in [1.54, 1.807) is 14.2 Å². The lowest BCUT2D eigenvalue weighted by atomic mass is 10.7. The molecule has 0 amide bonds. The van der Waals surface area contributed by atoms with Crippen LogP contribution in [0.5, 0.6) is 0 Å². The molecule has 0 atom stereocenters. The molecule has 0 heterocycles. The fourth-order valence-electron chi connectivity index (χ4n) is 1.21. The predicted octanol–water partition coefficient (Wildman–Crippen LogP) is 0.849. The molecular weight excluding hydrogens is 344 g/mol. The van der Waals surface area contributed by atoms with Crippen LogP contribution in [0, 0.1) is 0 Å². The normalized spacial score (nSPS) is 10.5. The van der Waals surface area contributed by atoms with Crippen LogP contribution >= 0.6 is 23.5 Å². The lowest BCUT2D eigenvalue weighted by Gasteiger charge is -2.06. The molecule has 9 heteroatoms. The summed E-state index contributed by atoms with van der Waals surface area (Å²) < 4.78 is 24.8. The number of thioether (sulfide) groups is 2. The Kier molecular flexibility index (Phi) is 17.5. The Balaban J connectivity index is 3.21. The van der Waals surface area contributed by atoms with E-state index >= 15 is 0 Å². The number of hydrogen-bond acceptors (Lipinski definition) is 9. The van der Waals surface area contributed by atoms with Gasteiger partial charge in [0.05, 0.1) is 37.9 Å². The van der Waals surface area contributed by atoms with Crippen LogP contribution in [0.15, 0.2) is 0 Å². The fourth-order valence-corrected chi connectivity index (χ4v) is 2.47. The zero-order valence-corrected chi connectivity index (χ0v) is 15.4. The van der Waals surface area contributed by atoms with Crippen molar-refractivity contribution in [1.82, 2.24) is 0 Å². The number of hydrogen-bond donors (Lipinski definition) is 0. The van der Waals surface area contributed by atoms with Crippen molar-refractivity contribution in [3.05, 3.63) is 0 Å². The Morgan fingerprint density at radius 3 is 1.52 bits per heavy atom. The van der Waals surface area contributed by atoms with E-state index in [4.69, 9.17) is 23.7 Å². The zero-order chi connectivity index (χ0) is 17.2. The Morgan fingerprint density at radius 2 is 1.13 bits per heavy atom. The van der Waals surface area contributed by atoms with E-state index in [0.29, 0.717) is 37.9 Å². The number of ether oxygens (including phenoxy) is 5. The van der Waals surface area contributed by atoms with E-state index in [9.17, 15) is 9.59 Å². The number of carbonyl (C=O) groups is 2. The Morgan fingerprint density at radius 1 is 0.696 bits per heavy atom. The standard InChI is InChI=1S/C14H26O7S2/c1-17-3-5-20-13(15)11-22-9-7-19-8-10-23-12-14(16)21-6-4-18-2/h3-12H2,1-2H3. The molecule has 0 bridgehead atoms. The van der Waals surface area contributed by atoms with E-state index in [1.807, 2.05) is 0 Å². The third-order valence-electron chi connectivity index (χ3n) is 2.28. The quantitative estimate of drug-likeness (QED) is 0.290. The van der Waals surface area contributed by atoms with Crippen LogP contribution in [-0.2, 0) is 33.3 Å². The minimum Gasteiger partial charge on any atom is -0.463 e. The maximum Gasteiger partial charge on any atom is 0.315 e. The van der Waals surface area contributed by atoms with Crippen molar-refractivity contribution < 1.29 is 33.3 Å². The van der Waals surface area contributed by atoms with Crippen LogP contribution in [0.3, 0.4) is 0 Å². The van der Waals surface area contributed by atoms with E-state index in [1.165, 1.54) is 23.5 Å². The first-order chi connectivity index (χ1) is 11.2. The molecule has 7 nitrogen and oxygen atoms in total. The highest BCUT2D eigenvalue weighted by molar-refractivity contribution is 8.00. The number of rotatable bonds is 16. The molecule has 0 spiro atoms. The van der Waals surface area contributed by atoms with Gasteiger partial charge in [-0.3, -0.25) is 9.59 Å². The van der Waals surface area contributed by atoms with Crippen LogP contribution < -0.4 is 0 Å². The summed E-state index contributed by atoms with van der Waals surface area (Å²) in [5.74, 6) is 1.60. The molecule has 0 radical (unpaired) electrons. The van der Waals surface area contributed by atoms with Gasteiger partial charge in [-0.2, -0.15) is 0 Å². The average Bonchev–Trinajstić information content (AvgIpc) is 2.53. The Hall–Kier alpha value is -0.480. The molecule has 0 aliphatic heterocycles. The van der Waals surface area contributed by atoms with Crippen LogP contribution in [0.2, 0.25) is 0 Å². The monoisotopic (exact) mass is 370 g/mol. The average molecular weight is 370 g/mol. The van der Waals surface area contributed by atoms with Gasteiger partial charge in [0.2, 0.25) is 0 Å². The molecular formula is C14H26O7S2. The lowest BCUT2D eigenvalue weighted by molar-refractivity contribution is -0.142.